The van der Waals surface area contributed by atoms with Crippen molar-refractivity contribution in [1.29, 1.82) is 0 Å². The monoisotopic (exact) mass is 359 g/mol. The fourth-order valence-electron chi connectivity index (χ4n) is 4.29. The van der Waals surface area contributed by atoms with Crippen LogP contribution in [0.15, 0.2) is 42.7 Å². The molecule has 1 atom stereocenters. The summed E-state index contributed by atoms with van der Waals surface area (Å²) in [4.78, 5) is 7.91. The van der Waals surface area contributed by atoms with Crippen LogP contribution in [0, 0.1) is 6.92 Å². The average molecular weight is 359 g/mol. The van der Waals surface area contributed by atoms with Crippen LogP contribution in [0.4, 0.5) is 0 Å². The highest BCUT2D eigenvalue weighted by Crippen LogP contribution is 2.35. The molecule has 1 fully saturated rings. The van der Waals surface area contributed by atoms with Crippen LogP contribution in [0.3, 0.4) is 0 Å². The van der Waals surface area contributed by atoms with Gasteiger partial charge in [-0.1, -0.05) is 6.07 Å². The van der Waals surface area contributed by atoms with Crippen molar-refractivity contribution in [3.8, 4) is 22.4 Å². The molecule has 0 bridgehead atoms. The highest BCUT2D eigenvalue weighted by atomic mass is 16.5. The Hall–Kier alpha value is -2.43. The molecule has 4 nitrogen and oxygen atoms in total. The van der Waals surface area contributed by atoms with Gasteiger partial charge in [0, 0.05) is 41.0 Å². The van der Waals surface area contributed by atoms with Gasteiger partial charge in [-0.05, 0) is 79.3 Å². The summed E-state index contributed by atoms with van der Waals surface area (Å²) in [5.74, 6) is 0. The summed E-state index contributed by atoms with van der Waals surface area (Å²) < 4.78 is 5.77. The number of ether oxygens (including phenoxy) is 1. The summed E-state index contributed by atoms with van der Waals surface area (Å²) in [6, 6.07) is 11.6. The molecular weight excluding hydrogens is 334 g/mol. The van der Waals surface area contributed by atoms with E-state index in [0.29, 0.717) is 6.04 Å². The minimum Gasteiger partial charge on any atom is -0.376 e. The Morgan fingerprint density at radius 1 is 1.11 bits per heavy atom. The summed E-state index contributed by atoms with van der Waals surface area (Å²) in [5.41, 5.74) is 10.1. The largest absolute Gasteiger partial charge is 0.376 e. The van der Waals surface area contributed by atoms with Crippen LogP contribution in [0.1, 0.15) is 41.3 Å². The molecule has 3 aromatic rings. The van der Waals surface area contributed by atoms with Crippen LogP contribution >= 0.6 is 0 Å². The van der Waals surface area contributed by atoms with E-state index >= 15 is 0 Å². The van der Waals surface area contributed by atoms with Gasteiger partial charge >= 0.3 is 0 Å². The number of benzene rings is 1. The third-order valence-electron chi connectivity index (χ3n) is 5.81. The maximum absolute atomic E-state index is 5.77. The second-order valence-electron chi connectivity index (χ2n) is 7.64. The Labute approximate surface area is 160 Å². The molecule has 0 saturated carbocycles. The molecule has 2 N–H and O–H groups in total. The van der Waals surface area contributed by atoms with Crippen molar-refractivity contribution >= 4 is 0 Å². The molecule has 2 aliphatic heterocycles. The highest BCUT2D eigenvalue weighted by Gasteiger charge is 2.24. The highest BCUT2D eigenvalue weighted by molar-refractivity contribution is 5.72. The van der Waals surface area contributed by atoms with Crippen LogP contribution < -0.4 is 5.32 Å². The van der Waals surface area contributed by atoms with Gasteiger partial charge in [-0.15, -0.1) is 0 Å². The molecule has 138 valence electrons. The van der Waals surface area contributed by atoms with Crippen LogP contribution in [0.5, 0.6) is 0 Å². The van der Waals surface area contributed by atoms with E-state index in [9.17, 15) is 0 Å². The number of aromatic amines is 1. The maximum atomic E-state index is 5.77. The first-order chi connectivity index (χ1) is 13.3. The Morgan fingerprint density at radius 2 is 2.07 bits per heavy atom. The molecule has 0 amide bonds. The molecular formula is C23H25N3O. The minimum atomic E-state index is 0.455. The number of fused-ring (bicyclic) bond motifs is 1. The van der Waals surface area contributed by atoms with Gasteiger partial charge in [0.05, 0.1) is 13.2 Å². The number of hydrogen-bond acceptors (Lipinski definition) is 3. The number of aryl methyl sites for hydroxylation is 1. The topological polar surface area (TPSA) is 49.9 Å². The fourth-order valence-corrected chi connectivity index (χ4v) is 4.29. The standard InChI is InChI=1S/C23H25N3O/c1-15-4-5-17(12-25-15)19-11-23(26-13-19)18-9-16-6-8-27-14-21(16)20(10-18)22-3-2-7-24-22/h4-5,9-13,22,24,26H,2-3,6-8,14H2,1H3. The summed E-state index contributed by atoms with van der Waals surface area (Å²) in [5, 5.41) is 3.66. The Kier molecular flexibility index (Phi) is 4.30. The van der Waals surface area contributed by atoms with E-state index in [1.165, 1.54) is 46.4 Å². The normalized spacial score (nSPS) is 19.2. The number of aromatic nitrogens is 2. The van der Waals surface area contributed by atoms with Gasteiger partial charge in [-0.2, -0.15) is 0 Å². The number of H-pyrrole nitrogens is 1. The quantitative estimate of drug-likeness (QED) is 0.721. The van der Waals surface area contributed by atoms with E-state index in [1.54, 1.807) is 0 Å². The Balaban J connectivity index is 1.55. The van der Waals surface area contributed by atoms with E-state index in [0.717, 1.165) is 37.4 Å². The Bertz CT molecular complexity index is 952. The molecule has 5 rings (SSSR count). The average Bonchev–Trinajstić information content (AvgIpc) is 3.40. The van der Waals surface area contributed by atoms with Gasteiger partial charge in [0.15, 0.2) is 0 Å². The zero-order valence-corrected chi connectivity index (χ0v) is 15.7. The summed E-state index contributed by atoms with van der Waals surface area (Å²) in [6.07, 6.45) is 7.48. The van der Waals surface area contributed by atoms with E-state index in [2.05, 4.69) is 51.8 Å². The number of nitrogens with one attached hydrogen (secondary N) is 2. The van der Waals surface area contributed by atoms with Crippen molar-refractivity contribution in [3.63, 3.8) is 0 Å². The second-order valence-corrected chi connectivity index (χ2v) is 7.64. The van der Waals surface area contributed by atoms with Gasteiger partial charge in [0.25, 0.3) is 0 Å². The van der Waals surface area contributed by atoms with Crippen molar-refractivity contribution in [3.05, 3.63) is 65.1 Å². The van der Waals surface area contributed by atoms with Gasteiger partial charge in [0.1, 0.15) is 0 Å². The maximum Gasteiger partial charge on any atom is 0.0722 e. The van der Waals surface area contributed by atoms with Crippen LogP contribution in [0.2, 0.25) is 0 Å². The van der Waals surface area contributed by atoms with E-state index in [-0.39, 0.29) is 0 Å². The zero-order valence-electron chi connectivity index (χ0n) is 15.7. The van der Waals surface area contributed by atoms with Crippen molar-refractivity contribution in [1.82, 2.24) is 15.3 Å². The lowest BCUT2D eigenvalue weighted by atomic mass is 9.89. The minimum absolute atomic E-state index is 0.455. The first kappa shape index (κ1) is 16.7. The zero-order chi connectivity index (χ0) is 18.2. The number of nitrogens with zero attached hydrogens (tertiary/aromatic N) is 1. The van der Waals surface area contributed by atoms with Crippen LogP contribution in [-0.2, 0) is 17.8 Å². The van der Waals surface area contributed by atoms with Gasteiger partial charge in [0.2, 0.25) is 0 Å². The fraction of sp³-hybridized carbons (Fsp3) is 0.348. The summed E-state index contributed by atoms with van der Waals surface area (Å²) >= 11 is 0. The van der Waals surface area contributed by atoms with Gasteiger partial charge in [-0.25, -0.2) is 0 Å². The number of rotatable bonds is 3. The third kappa shape index (κ3) is 3.20. The molecule has 1 aromatic carbocycles. The molecule has 0 radical (unpaired) electrons. The first-order valence-corrected chi connectivity index (χ1v) is 9.86. The third-order valence-corrected chi connectivity index (χ3v) is 5.81. The molecule has 2 aliphatic rings. The smallest absolute Gasteiger partial charge is 0.0722 e. The van der Waals surface area contributed by atoms with Crippen LogP contribution in [0.25, 0.3) is 22.4 Å². The lowest BCUT2D eigenvalue weighted by Crippen LogP contribution is -2.19. The first-order valence-electron chi connectivity index (χ1n) is 9.86. The second kappa shape index (κ2) is 6.95. The van der Waals surface area contributed by atoms with E-state index in [1.807, 2.05) is 13.1 Å². The van der Waals surface area contributed by atoms with Gasteiger partial charge in [-0.3, -0.25) is 4.98 Å². The summed E-state index contributed by atoms with van der Waals surface area (Å²) in [7, 11) is 0. The van der Waals surface area contributed by atoms with Crippen molar-refractivity contribution in [2.24, 2.45) is 0 Å². The number of pyridine rings is 1. The lowest BCUT2D eigenvalue weighted by Gasteiger charge is -2.24. The van der Waals surface area contributed by atoms with Crippen molar-refractivity contribution in [2.75, 3.05) is 13.2 Å². The molecule has 4 heterocycles. The molecule has 4 heteroatoms. The van der Waals surface area contributed by atoms with E-state index < -0.39 is 0 Å². The molecule has 0 aliphatic carbocycles. The van der Waals surface area contributed by atoms with Gasteiger partial charge < -0.3 is 15.0 Å². The Morgan fingerprint density at radius 3 is 2.89 bits per heavy atom. The van der Waals surface area contributed by atoms with E-state index in [4.69, 9.17) is 4.74 Å². The SMILES string of the molecule is Cc1ccc(-c2c[nH]c(-c3cc4c(c(C5CCCN5)c3)COCC4)c2)cn1. The van der Waals surface area contributed by atoms with Crippen LogP contribution in [-0.4, -0.2) is 23.1 Å². The molecule has 2 aromatic heterocycles. The van der Waals surface area contributed by atoms with Crippen molar-refractivity contribution < 1.29 is 4.74 Å². The lowest BCUT2D eigenvalue weighted by molar-refractivity contribution is 0.109. The molecule has 0 spiro atoms. The molecule has 27 heavy (non-hydrogen) atoms. The predicted molar refractivity (Wildman–Crippen MR) is 108 cm³/mol. The molecule has 1 saturated heterocycles. The predicted octanol–water partition coefficient (Wildman–Crippen LogP) is 4.55. The van der Waals surface area contributed by atoms with Crippen molar-refractivity contribution in [2.45, 2.75) is 38.8 Å². The summed E-state index contributed by atoms with van der Waals surface area (Å²) in [6.45, 7) is 4.69. The molecule has 1 unspecified atom stereocenters. The number of hydrogen-bond donors (Lipinski definition) is 2.